The molecule has 0 aliphatic carbocycles. The number of guanidine groups is 1. The lowest BCUT2D eigenvalue weighted by molar-refractivity contribution is -0.146. The molecule has 2 saturated heterocycles. The van der Waals surface area contributed by atoms with Gasteiger partial charge in [0.25, 0.3) is 0 Å². The predicted octanol–water partition coefficient (Wildman–Crippen LogP) is 1.40. The standard InChI is InChI=1S/C20H37N5O3.HI/c1-5-21-20(25-14-9-16(10-15-25)19(27)28-4)22-11-7-13-24-12-6-8-17(24)18(26)23(2)3;/h16-17H,5-15H2,1-4H3,(H,21,22);1H. The van der Waals surface area contributed by atoms with Crippen LogP contribution in [0, 0.1) is 5.92 Å². The molecule has 2 fully saturated rings. The van der Waals surface area contributed by atoms with Crippen LogP contribution in [0.1, 0.15) is 39.0 Å². The molecule has 29 heavy (non-hydrogen) atoms. The molecule has 0 radical (unpaired) electrons. The third-order valence-corrected chi connectivity index (χ3v) is 5.62. The number of amides is 1. The van der Waals surface area contributed by atoms with Crippen LogP contribution in [0.15, 0.2) is 4.99 Å². The number of carbonyl (C=O) groups is 2. The van der Waals surface area contributed by atoms with Crippen LogP contribution < -0.4 is 5.32 Å². The second kappa shape index (κ2) is 13.3. The summed E-state index contributed by atoms with van der Waals surface area (Å²) in [5.41, 5.74) is 0. The first-order valence-corrected chi connectivity index (χ1v) is 10.5. The van der Waals surface area contributed by atoms with E-state index >= 15 is 0 Å². The number of methoxy groups -OCH3 is 1. The lowest BCUT2D eigenvalue weighted by atomic mass is 9.97. The fourth-order valence-electron chi connectivity index (χ4n) is 4.05. The van der Waals surface area contributed by atoms with Crippen molar-refractivity contribution in [2.24, 2.45) is 10.9 Å². The lowest BCUT2D eigenvalue weighted by Gasteiger charge is -2.33. The molecule has 2 rings (SSSR count). The van der Waals surface area contributed by atoms with Gasteiger partial charge in [-0.2, -0.15) is 0 Å². The van der Waals surface area contributed by atoms with E-state index in [1.807, 2.05) is 14.1 Å². The third-order valence-electron chi connectivity index (χ3n) is 5.62. The Balaban J connectivity index is 0.00000420. The average molecular weight is 523 g/mol. The van der Waals surface area contributed by atoms with E-state index in [1.165, 1.54) is 7.11 Å². The molecule has 1 unspecified atom stereocenters. The minimum atomic E-state index is -0.103. The van der Waals surface area contributed by atoms with Crippen LogP contribution in [0.4, 0.5) is 0 Å². The van der Waals surface area contributed by atoms with Gasteiger partial charge in [0.2, 0.25) is 5.91 Å². The van der Waals surface area contributed by atoms with Crippen molar-refractivity contribution < 1.29 is 14.3 Å². The Kier molecular flexibility index (Phi) is 11.9. The van der Waals surface area contributed by atoms with E-state index in [2.05, 4.69) is 22.0 Å². The summed E-state index contributed by atoms with van der Waals surface area (Å²) in [4.78, 5) is 35.0. The fraction of sp³-hybridized carbons (Fsp3) is 0.850. The first-order valence-electron chi connectivity index (χ1n) is 10.5. The molecule has 0 bridgehead atoms. The zero-order chi connectivity index (χ0) is 20.5. The molecule has 168 valence electrons. The Morgan fingerprint density at radius 3 is 2.45 bits per heavy atom. The second-order valence-electron chi connectivity index (χ2n) is 7.80. The largest absolute Gasteiger partial charge is 0.469 e. The van der Waals surface area contributed by atoms with E-state index in [9.17, 15) is 9.59 Å². The molecule has 2 aliphatic heterocycles. The van der Waals surface area contributed by atoms with E-state index < -0.39 is 0 Å². The van der Waals surface area contributed by atoms with E-state index in [-0.39, 0.29) is 47.8 Å². The summed E-state index contributed by atoms with van der Waals surface area (Å²) >= 11 is 0. The minimum absolute atomic E-state index is 0. The predicted molar refractivity (Wildman–Crippen MR) is 126 cm³/mol. The Morgan fingerprint density at radius 2 is 1.86 bits per heavy atom. The summed E-state index contributed by atoms with van der Waals surface area (Å²) in [6, 6.07) is 0.0320. The molecule has 1 amide bonds. The molecule has 0 aromatic heterocycles. The van der Waals surface area contributed by atoms with Gasteiger partial charge in [-0.15, -0.1) is 24.0 Å². The molecule has 2 aliphatic rings. The van der Waals surface area contributed by atoms with Crippen LogP contribution in [0.25, 0.3) is 0 Å². The van der Waals surface area contributed by atoms with Crippen molar-refractivity contribution in [1.29, 1.82) is 0 Å². The van der Waals surface area contributed by atoms with Gasteiger partial charge in [0.05, 0.1) is 19.1 Å². The Hall–Kier alpha value is -1.10. The van der Waals surface area contributed by atoms with E-state index in [0.29, 0.717) is 0 Å². The third kappa shape index (κ3) is 7.58. The van der Waals surface area contributed by atoms with Crippen LogP contribution in [0.3, 0.4) is 0 Å². The number of nitrogens with one attached hydrogen (secondary N) is 1. The highest BCUT2D eigenvalue weighted by molar-refractivity contribution is 14.0. The van der Waals surface area contributed by atoms with Crippen LogP contribution in [0.5, 0.6) is 0 Å². The molecule has 8 nitrogen and oxygen atoms in total. The number of carbonyl (C=O) groups excluding carboxylic acids is 2. The molecule has 0 spiro atoms. The van der Waals surface area contributed by atoms with Crippen LogP contribution in [0.2, 0.25) is 0 Å². The average Bonchev–Trinajstić information content (AvgIpc) is 3.17. The second-order valence-corrected chi connectivity index (χ2v) is 7.80. The number of likely N-dealkylation sites (tertiary alicyclic amines) is 2. The zero-order valence-corrected chi connectivity index (χ0v) is 20.7. The summed E-state index contributed by atoms with van der Waals surface area (Å²) in [6.07, 6.45) is 4.59. The van der Waals surface area contributed by atoms with E-state index in [1.54, 1.807) is 4.90 Å². The summed E-state index contributed by atoms with van der Waals surface area (Å²) in [6.45, 7) is 7.15. The zero-order valence-electron chi connectivity index (χ0n) is 18.4. The maximum absolute atomic E-state index is 12.3. The monoisotopic (exact) mass is 523 g/mol. The number of aliphatic imine (C=N–C) groups is 1. The van der Waals surface area contributed by atoms with Crippen molar-refractivity contribution in [2.45, 2.75) is 45.1 Å². The summed E-state index contributed by atoms with van der Waals surface area (Å²) in [7, 11) is 5.11. The number of hydrogen-bond acceptors (Lipinski definition) is 5. The fourth-order valence-corrected chi connectivity index (χ4v) is 4.05. The van der Waals surface area contributed by atoms with Crippen molar-refractivity contribution in [1.82, 2.24) is 20.0 Å². The van der Waals surface area contributed by atoms with Gasteiger partial charge in [0.1, 0.15) is 0 Å². The number of nitrogens with zero attached hydrogens (tertiary/aromatic N) is 4. The molecule has 1 atom stereocenters. The number of hydrogen-bond donors (Lipinski definition) is 1. The SMILES string of the molecule is CCNC(=NCCCN1CCCC1C(=O)N(C)C)N1CCC(C(=O)OC)CC1.I. The Labute approximate surface area is 192 Å². The van der Waals surface area contributed by atoms with E-state index in [4.69, 9.17) is 9.73 Å². The van der Waals surface area contributed by atoms with Crippen LogP contribution >= 0.6 is 24.0 Å². The normalized spacial score (nSPS) is 20.9. The first kappa shape index (κ1) is 25.9. The molecular formula is C20H38IN5O3. The molecule has 1 N–H and O–H groups in total. The highest BCUT2D eigenvalue weighted by Crippen LogP contribution is 2.20. The van der Waals surface area contributed by atoms with Crippen molar-refractivity contribution in [2.75, 3.05) is 60.5 Å². The summed E-state index contributed by atoms with van der Waals surface area (Å²) in [5, 5.41) is 3.37. The highest BCUT2D eigenvalue weighted by Gasteiger charge is 2.31. The molecule has 2 heterocycles. The number of halogens is 1. The van der Waals surface area contributed by atoms with Gasteiger partial charge in [-0.1, -0.05) is 0 Å². The number of likely N-dealkylation sites (N-methyl/N-ethyl adjacent to an activating group) is 1. The van der Waals surface area contributed by atoms with Crippen molar-refractivity contribution >= 4 is 41.8 Å². The number of rotatable bonds is 7. The molecule has 0 aromatic carbocycles. The van der Waals surface area contributed by atoms with Crippen molar-refractivity contribution in [3.63, 3.8) is 0 Å². The van der Waals surface area contributed by atoms with Crippen molar-refractivity contribution in [3.8, 4) is 0 Å². The smallest absolute Gasteiger partial charge is 0.308 e. The number of esters is 1. The Morgan fingerprint density at radius 1 is 1.17 bits per heavy atom. The van der Waals surface area contributed by atoms with Gasteiger partial charge in [-0.3, -0.25) is 19.5 Å². The lowest BCUT2D eigenvalue weighted by Crippen LogP contribution is -2.46. The number of piperidine rings is 1. The van der Waals surface area contributed by atoms with E-state index in [0.717, 1.165) is 77.3 Å². The highest BCUT2D eigenvalue weighted by atomic mass is 127. The van der Waals surface area contributed by atoms with Gasteiger partial charge < -0.3 is 19.9 Å². The molecule has 0 saturated carbocycles. The van der Waals surface area contributed by atoms with Gasteiger partial charge in [-0.05, 0) is 45.6 Å². The van der Waals surface area contributed by atoms with Crippen molar-refractivity contribution in [3.05, 3.63) is 0 Å². The number of ether oxygens (including phenoxy) is 1. The van der Waals surface area contributed by atoms with Gasteiger partial charge in [0.15, 0.2) is 5.96 Å². The van der Waals surface area contributed by atoms with Gasteiger partial charge in [-0.25, -0.2) is 0 Å². The maximum atomic E-state index is 12.3. The quantitative estimate of drug-likeness (QED) is 0.179. The van der Waals surface area contributed by atoms with Gasteiger partial charge in [0, 0.05) is 46.8 Å². The molecular weight excluding hydrogens is 485 g/mol. The van der Waals surface area contributed by atoms with Crippen LogP contribution in [-0.2, 0) is 14.3 Å². The molecule has 0 aromatic rings. The summed E-state index contributed by atoms with van der Waals surface area (Å²) < 4.78 is 4.87. The van der Waals surface area contributed by atoms with Gasteiger partial charge >= 0.3 is 5.97 Å². The maximum Gasteiger partial charge on any atom is 0.308 e. The minimum Gasteiger partial charge on any atom is -0.469 e. The topological polar surface area (TPSA) is 77.5 Å². The summed E-state index contributed by atoms with van der Waals surface area (Å²) in [5.74, 6) is 1.04. The molecule has 9 heteroatoms. The van der Waals surface area contributed by atoms with Crippen LogP contribution in [-0.4, -0.2) is 99.1 Å². The first-order chi connectivity index (χ1) is 13.5. The Bertz CT molecular complexity index is 550.